The van der Waals surface area contributed by atoms with Gasteiger partial charge in [-0.2, -0.15) is 0 Å². The molecule has 0 saturated heterocycles. The molecule has 0 unspecified atom stereocenters. The van der Waals surface area contributed by atoms with Gasteiger partial charge in [-0.3, -0.25) is 10.1 Å². The van der Waals surface area contributed by atoms with Gasteiger partial charge >= 0.3 is 5.69 Å². The van der Waals surface area contributed by atoms with Crippen LogP contribution >= 0.6 is 7.14 Å². The number of nitro benzene ring substituents is 1. The molecule has 0 aromatic heterocycles. The molecule has 6 nitrogen and oxygen atoms in total. The summed E-state index contributed by atoms with van der Waals surface area (Å²) in [4.78, 5) is 10.7. The third-order valence-corrected chi connectivity index (χ3v) is 3.58. The number of hydrogen-bond donors (Lipinski definition) is 0. The first-order chi connectivity index (χ1) is 9.45. The Hall–Kier alpha value is -1.55. The third kappa shape index (κ3) is 4.74. The van der Waals surface area contributed by atoms with Crippen LogP contribution in [-0.2, 0) is 9.98 Å². The minimum absolute atomic E-state index is 0.00805. The molecule has 0 heterocycles. The van der Waals surface area contributed by atoms with E-state index < -0.39 is 12.1 Å². The topological polar surface area (TPSA) is 78.7 Å². The second-order valence-electron chi connectivity index (χ2n) is 6.38. The van der Waals surface area contributed by atoms with Crippen LogP contribution in [0.5, 0.6) is 11.5 Å². The van der Waals surface area contributed by atoms with Crippen LogP contribution in [0.4, 0.5) is 5.69 Å². The van der Waals surface area contributed by atoms with E-state index in [0.29, 0.717) is 0 Å². The molecule has 0 N–H and O–H groups in total. The molecule has 7 heteroatoms. The molecule has 0 saturated carbocycles. The fourth-order valence-electron chi connectivity index (χ4n) is 1.69. The Morgan fingerprint density at radius 1 is 1.29 bits per heavy atom. The number of rotatable bonds is 5. The molecule has 0 aliphatic carbocycles. The number of nitrogens with zero attached hydrogens (tertiary/aromatic N) is 1. The highest BCUT2D eigenvalue weighted by Crippen LogP contribution is 2.43. The Morgan fingerprint density at radius 2 is 1.86 bits per heavy atom. The summed E-state index contributed by atoms with van der Waals surface area (Å²) in [5.41, 5.74) is 0.325. The van der Waals surface area contributed by atoms with Crippen LogP contribution in [0.25, 0.3) is 0 Å². The summed E-state index contributed by atoms with van der Waals surface area (Å²) in [5, 5.41) is 11.2. The summed E-state index contributed by atoms with van der Waals surface area (Å²) < 4.78 is 22.4. The Balaban J connectivity index is 3.41. The fraction of sp³-hybridized carbons (Fsp3) is 0.571. The van der Waals surface area contributed by atoms with E-state index in [1.807, 2.05) is 20.8 Å². The molecule has 0 bridgehead atoms. The largest absolute Gasteiger partial charge is 0.488 e. The Morgan fingerprint density at radius 3 is 2.24 bits per heavy atom. The van der Waals surface area contributed by atoms with Gasteiger partial charge in [-0.15, -0.1) is 0 Å². The van der Waals surface area contributed by atoms with Crippen molar-refractivity contribution in [3.05, 3.63) is 27.8 Å². The minimum Gasteiger partial charge on any atom is -0.488 e. The first-order valence-corrected chi connectivity index (χ1v) is 9.28. The molecule has 21 heavy (non-hydrogen) atoms. The van der Waals surface area contributed by atoms with Crippen LogP contribution < -0.4 is 9.47 Å². The smallest absolute Gasteiger partial charge is 0.315 e. The van der Waals surface area contributed by atoms with E-state index >= 15 is 0 Å². The van der Waals surface area contributed by atoms with Crippen molar-refractivity contribution in [3.8, 4) is 11.5 Å². The number of methoxy groups -OCH3 is 1. The van der Waals surface area contributed by atoms with Gasteiger partial charge in [0.1, 0.15) is 13.5 Å². The molecule has 1 rings (SSSR count). The predicted octanol–water partition coefficient (Wildman–Crippen LogP) is 3.86. The van der Waals surface area contributed by atoms with Crippen LogP contribution in [0.2, 0.25) is 0 Å². The van der Waals surface area contributed by atoms with Gasteiger partial charge in [0.05, 0.1) is 12.0 Å². The van der Waals surface area contributed by atoms with E-state index in [1.165, 1.54) is 13.2 Å². The Labute approximate surface area is 125 Å². The van der Waals surface area contributed by atoms with Crippen molar-refractivity contribution in [2.24, 2.45) is 0 Å². The molecule has 0 fully saturated rings. The zero-order valence-corrected chi connectivity index (χ0v) is 14.2. The van der Waals surface area contributed by atoms with E-state index in [2.05, 4.69) is 0 Å². The highest BCUT2D eigenvalue weighted by Gasteiger charge is 2.26. The van der Waals surface area contributed by atoms with E-state index in [9.17, 15) is 14.7 Å². The van der Waals surface area contributed by atoms with Crippen molar-refractivity contribution >= 4 is 12.8 Å². The zero-order valence-electron chi connectivity index (χ0n) is 13.3. The lowest BCUT2D eigenvalue weighted by Crippen LogP contribution is -2.13. The first-order valence-electron chi connectivity index (χ1n) is 6.49. The highest BCUT2D eigenvalue weighted by molar-refractivity contribution is 7.62. The third-order valence-electron chi connectivity index (χ3n) is 2.83. The Bertz CT molecular complexity index is 586. The maximum Gasteiger partial charge on any atom is 0.315 e. The van der Waals surface area contributed by atoms with Crippen LogP contribution in [-0.4, -0.2) is 31.7 Å². The van der Waals surface area contributed by atoms with Crippen molar-refractivity contribution in [2.75, 3.05) is 26.8 Å². The van der Waals surface area contributed by atoms with E-state index in [-0.39, 0.29) is 28.9 Å². The summed E-state index contributed by atoms with van der Waals surface area (Å²) in [6.07, 6.45) is 0.00805. The molecular formula is C14H22NO5P. The molecular weight excluding hydrogens is 293 g/mol. The van der Waals surface area contributed by atoms with Crippen molar-refractivity contribution < 1.29 is 19.0 Å². The second kappa shape index (κ2) is 6.06. The molecule has 0 radical (unpaired) electrons. The van der Waals surface area contributed by atoms with Gasteiger partial charge in [0.25, 0.3) is 0 Å². The van der Waals surface area contributed by atoms with Crippen LogP contribution in [0, 0.1) is 10.1 Å². The van der Waals surface area contributed by atoms with Crippen LogP contribution in [0.15, 0.2) is 12.1 Å². The number of ether oxygens (including phenoxy) is 2. The monoisotopic (exact) mass is 315 g/mol. The molecule has 1 aromatic carbocycles. The lowest BCUT2D eigenvalue weighted by Gasteiger charge is -2.21. The molecule has 1 aromatic rings. The normalized spacial score (nSPS) is 12.1. The maximum atomic E-state index is 11.8. The second-order valence-corrected chi connectivity index (χ2v) is 9.79. The number of hydrogen-bond acceptors (Lipinski definition) is 5. The van der Waals surface area contributed by atoms with Gasteiger partial charge in [-0.05, 0) is 30.4 Å². The molecule has 0 aliphatic heterocycles. The minimum atomic E-state index is -2.40. The van der Waals surface area contributed by atoms with Gasteiger partial charge in [0, 0.05) is 6.07 Å². The zero-order chi connectivity index (χ0) is 16.4. The van der Waals surface area contributed by atoms with Gasteiger partial charge in [0.15, 0.2) is 5.75 Å². The van der Waals surface area contributed by atoms with Crippen LogP contribution in [0.1, 0.15) is 26.3 Å². The van der Waals surface area contributed by atoms with Crippen molar-refractivity contribution in [1.29, 1.82) is 0 Å². The van der Waals surface area contributed by atoms with Gasteiger partial charge in [0.2, 0.25) is 5.75 Å². The lowest BCUT2D eigenvalue weighted by molar-refractivity contribution is -0.385. The summed E-state index contributed by atoms with van der Waals surface area (Å²) in [7, 11) is -1.05. The average molecular weight is 315 g/mol. The molecule has 0 spiro atoms. The van der Waals surface area contributed by atoms with E-state index in [4.69, 9.17) is 9.47 Å². The van der Waals surface area contributed by atoms with Crippen molar-refractivity contribution in [2.45, 2.75) is 26.2 Å². The number of nitro groups is 1. The van der Waals surface area contributed by atoms with Gasteiger partial charge in [-0.25, -0.2) is 0 Å². The SMILES string of the molecule is COc1c(OCP(C)(C)=O)cc(C(C)(C)C)cc1[N+](=O)[O-]. The van der Waals surface area contributed by atoms with Crippen molar-refractivity contribution in [3.63, 3.8) is 0 Å². The standard InChI is InChI=1S/C14H22NO5P/c1-14(2,3)10-7-11(15(16)17)13(19-4)12(8-10)20-9-21(5,6)18/h7-8H,9H2,1-6H3. The Kier molecular flexibility index (Phi) is 5.05. The van der Waals surface area contributed by atoms with E-state index in [1.54, 1.807) is 19.4 Å². The van der Waals surface area contributed by atoms with Gasteiger partial charge < -0.3 is 14.0 Å². The van der Waals surface area contributed by atoms with Crippen LogP contribution in [0.3, 0.4) is 0 Å². The average Bonchev–Trinajstić information content (AvgIpc) is 2.32. The lowest BCUT2D eigenvalue weighted by atomic mass is 9.86. The first kappa shape index (κ1) is 17.5. The molecule has 0 atom stereocenters. The number of benzene rings is 1. The fourth-order valence-corrected chi connectivity index (χ4v) is 2.14. The van der Waals surface area contributed by atoms with E-state index in [0.717, 1.165) is 5.56 Å². The highest BCUT2D eigenvalue weighted by atomic mass is 31.2. The molecule has 0 aliphatic rings. The maximum absolute atomic E-state index is 11.8. The summed E-state index contributed by atoms with van der Waals surface area (Å²) in [5.74, 6) is 0.307. The van der Waals surface area contributed by atoms with Gasteiger partial charge in [-0.1, -0.05) is 20.8 Å². The summed E-state index contributed by atoms with van der Waals surface area (Å²) in [6, 6.07) is 3.20. The molecule has 0 amide bonds. The molecule has 118 valence electrons. The predicted molar refractivity (Wildman–Crippen MR) is 83.3 cm³/mol. The summed E-state index contributed by atoms with van der Waals surface area (Å²) >= 11 is 0. The van der Waals surface area contributed by atoms with Crippen molar-refractivity contribution in [1.82, 2.24) is 0 Å². The quantitative estimate of drug-likeness (QED) is 0.468. The summed E-state index contributed by atoms with van der Waals surface area (Å²) in [6.45, 7) is 9.05.